The number of hydrogen-bond acceptors (Lipinski definition) is 1. The van der Waals surface area contributed by atoms with Crippen LogP contribution >= 0.6 is 11.6 Å². The van der Waals surface area contributed by atoms with Crippen LogP contribution in [0.2, 0.25) is 5.02 Å². The average Bonchev–Trinajstić information content (AvgIpc) is 2.38. The van der Waals surface area contributed by atoms with Gasteiger partial charge in [0.1, 0.15) is 11.6 Å². The van der Waals surface area contributed by atoms with Crippen molar-refractivity contribution < 1.29 is 8.78 Å². The van der Waals surface area contributed by atoms with Gasteiger partial charge in [-0.15, -0.1) is 0 Å². The molecule has 0 spiro atoms. The zero-order valence-electron chi connectivity index (χ0n) is 10.5. The molecule has 0 amide bonds. The molecule has 0 saturated carbocycles. The maximum atomic E-state index is 13.6. The van der Waals surface area contributed by atoms with E-state index < -0.39 is 0 Å². The van der Waals surface area contributed by atoms with Crippen LogP contribution in [0.4, 0.5) is 8.78 Å². The van der Waals surface area contributed by atoms with Gasteiger partial charge in [-0.2, -0.15) is 0 Å². The Bertz CT molecular complexity index is 572. The summed E-state index contributed by atoms with van der Waals surface area (Å²) in [5.41, 5.74) is 1.38. The Morgan fingerprint density at radius 2 is 1.89 bits per heavy atom. The molecule has 0 aliphatic carbocycles. The van der Waals surface area contributed by atoms with Gasteiger partial charge in [0, 0.05) is 23.2 Å². The van der Waals surface area contributed by atoms with Crippen LogP contribution in [0.15, 0.2) is 42.5 Å². The van der Waals surface area contributed by atoms with Crippen LogP contribution in [-0.2, 0) is 6.54 Å². The van der Waals surface area contributed by atoms with Crippen molar-refractivity contribution in [2.75, 3.05) is 0 Å². The number of hydrogen-bond donors (Lipinski definition) is 1. The average molecular weight is 282 g/mol. The Morgan fingerprint density at radius 1 is 1.16 bits per heavy atom. The summed E-state index contributed by atoms with van der Waals surface area (Å²) in [5.74, 6) is -0.608. The third-order valence-corrected chi connectivity index (χ3v) is 3.34. The van der Waals surface area contributed by atoms with Crippen LogP contribution in [0.25, 0.3) is 0 Å². The van der Waals surface area contributed by atoms with Gasteiger partial charge in [0.05, 0.1) is 0 Å². The van der Waals surface area contributed by atoms with Gasteiger partial charge in [-0.05, 0) is 30.7 Å². The number of rotatable bonds is 4. The fourth-order valence-electron chi connectivity index (χ4n) is 1.86. The molecule has 0 heterocycles. The molecule has 2 rings (SSSR count). The summed E-state index contributed by atoms with van der Waals surface area (Å²) in [6, 6.07) is 10.7. The fourth-order valence-corrected chi connectivity index (χ4v) is 2.10. The first-order chi connectivity index (χ1) is 9.08. The summed E-state index contributed by atoms with van der Waals surface area (Å²) in [5, 5.41) is 3.54. The molecule has 4 heteroatoms. The van der Waals surface area contributed by atoms with Crippen molar-refractivity contribution in [3.05, 3.63) is 70.2 Å². The van der Waals surface area contributed by atoms with Crippen molar-refractivity contribution in [3.63, 3.8) is 0 Å². The summed E-state index contributed by atoms with van der Waals surface area (Å²) in [6.45, 7) is 2.32. The zero-order valence-corrected chi connectivity index (χ0v) is 11.2. The minimum atomic E-state index is -0.365. The van der Waals surface area contributed by atoms with Gasteiger partial charge in [0.2, 0.25) is 0 Å². The Morgan fingerprint density at radius 3 is 2.58 bits per heavy atom. The molecule has 0 aliphatic heterocycles. The first-order valence-electron chi connectivity index (χ1n) is 5.99. The van der Waals surface area contributed by atoms with Crippen LogP contribution in [0.3, 0.4) is 0 Å². The van der Waals surface area contributed by atoms with Crippen LogP contribution < -0.4 is 5.32 Å². The second-order valence-corrected chi connectivity index (χ2v) is 4.77. The highest BCUT2D eigenvalue weighted by Crippen LogP contribution is 2.20. The second kappa shape index (κ2) is 6.13. The van der Waals surface area contributed by atoms with E-state index in [-0.39, 0.29) is 17.7 Å². The Kier molecular flexibility index (Phi) is 4.51. The monoisotopic (exact) mass is 281 g/mol. The van der Waals surface area contributed by atoms with E-state index in [1.807, 2.05) is 6.92 Å². The standard InChI is InChI=1S/C15H14ClF2N/c1-10(13-4-2-3-5-15(13)18)19-9-11-6-7-12(17)8-14(11)16/h2-8,10,19H,9H2,1H3/t10-/m1/s1. The number of halogens is 3. The smallest absolute Gasteiger partial charge is 0.127 e. The molecular formula is C15H14ClF2N. The Balaban J connectivity index is 2.04. The summed E-state index contributed by atoms with van der Waals surface area (Å²) >= 11 is 5.94. The summed E-state index contributed by atoms with van der Waals surface area (Å²) in [7, 11) is 0. The normalized spacial score (nSPS) is 12.4. The minimum absolute atomic E-state index is 0.151. The lowest BCUT2D eigenvalue weighted by atomic mass is 10.1. The lowest BCUT2D eigenvalue weighted by Crippen LogP contribution is -2.19. The third kappa shape index (κ3) is 3.52. The van der Waals surface area contributed by atoms with E-state index in [9.17, 15) is 8.78 Å². The van der Waals surface area contributed by atoms with Crippen molar-refractivity contribution >= 4 is 11.6 Å². The van der Waals surface area contributed by atoms with Gasteiger partial charge >= 0.3 is 0 Å². The molecule has 0 fully saturated rings. The second-order valence-electron chi connectivity index (χ2n) is 4.36. The highest BCUT2D eigenvalue weighted by atomic mass is 35.5. The molecular weight excluding hydrogens is 268 g/mol. The van der Waals surface area contributed by atoms with E-state index in [0.29, 0.717) is 17.1 Å². The first-order valence-corrected chi connectivity index (χ1v) is 6.37. The van der Waals surface area contributed by atoms with Crippen molar-refractivity contribution in [1.29, 1.82) is 0 Å². The SMILES string of the molecule is C[C@@H](NCc1ccc(F)cc1Cl)c1ccccc1F. The highest BCUT2D eigenvalue weighted by molar-refractivity contribution is 6.31. The maximum absolute atomic E-state index is 13.6. The van der Waals surface area contributed by atoms with Crippen molar-refractivity contribution in [2.24, 2.45) is 0 Å². The highest BCUT2D eigenvalue weighted by Gasteiger charge is 2.10. The van der Waals surface area contributed by atoms with E-state index in [2.05, 4.69) is 5.32 Å². The van der Waals surface area contributed by atoms with E-state index in [1.165, 1.54) is 18.2 Å². The van der Waals surface area contributed by atoms with Crippen LogP contribution in [0.5, 0.6) is 0 Å². The molecule has 2 aromatic rings. The van der Waals surface area contributed by atoms with Gasteiger partial charge < -0.3 is 5.32 Å². The molecule has 0 aromatic heterocycles. The molecule has 1 nitrogen and oxygen atoms in total. The van der Waals surface area contributed by atoms with E-state index in [1.54, 1.807) is 24.3 Å². The minimum Gasteiger partial charge on any atom is -0.306 e. The lowest BCUT2D eigenvalue weighted by Gasteiger charge is -2.15. The van der Waals surface area contributed by atoms with Gasteiger partial charge in [-0.1, -0.05) is 35.9 Å². The van der Waals surface area contributed by atoms with Gasteiger partial charge in [0.25, 0.3) is 0 Å². The molecule has 0 radical (unpaired) electrons. The number of benzene rings is 2. The largest absolute Gasteiger partial charge is 0.306 e. The molecule has 0 saturated heterocycles. The van der Waals surface area contributed by atoms with Crippen LogP contribution in [-0.4, -0.2) is 0 Å². The van der Waals surface area contributed by atoms with E-state index >= 15 is 0 Å². The Labute approximate surface area is 116 Å². The third-order valence-electron chi connectivity index (χ3n) is 2.99. The Hall–Kier alpha value is -1.45. The maximum Gasteiger partial charge on any atom is 0.127 e. The van der Waals surface area contributed by atoms with Crippen molar-refractivity contribution in [3.8, 4) is 0 Å². The number of nitrogens with one attached hydrogen (secondary N) is 1. The molecule has 2 aromatic carbocycles. The molecule has 1 N–H and O–H groups in total. The summed E-state index contributed by atoms with van der Waals surface area (Å²) in [6.07, 6.45) is 0. The van der Waals surface area contributed by atoms with Crippen LogP contribution in [0.1, 0.15) is 24.1 Å². The molecule has 0 unspecified atom stereocenters. The van der Waals surface area contributed by atoms with Gasteiger partial charge in [-0.3, -0.25) is 0 Å². The van der Waals surface area contributed by atoms with Crippen LogP contribution in [0, 0.1) is 11.6 Å². The van der Waals surface area contributed by atoms with Gasteiger partial charge in [0.15, 0.2) is 0 Å². The predicted octanol–water partition coefficient (Wildman–Crippen LogP) is 4.47. The zero-order chi connectivity index (χ0) is 13.8. The topological polar surface area (TPSA) is 12.0 Å². The fraction of sp³-hybridized carbons (Fsp3) is 0.200. The van der Waals surface area contributed by atoms with Crippen molar-refractivity contribution in [2.45, 2.75) is 19.5 Å². The predicted molar refractivity (Wildman–Crippen MR) is 73.1 cm³/mol. The molecule has 19 heavy (non-hydrogen) atoms. The summed E-state index contributed by atoms with van der Waals surface area (Å²) in [4.78, 5) is 0. The quantitative estimate of drug-likeness (QED) is 0.872. The van der Waals surface area contributed by atoms with Gasteiger partial charge in [-0.25, -0.2) is 8.78 Å². The lowest BCUT2D eigenvalue weighted by molar-refractivity contribution is 0.528. The summed E-state index contributed by atoms with van der Waals surface area (Å²) < 4.78 is 26.5. The van der Waals surface area contributed by atoms with E-state index in [4.69, 9.17) is 11.6 Å². The van der Waals surface area contributed by atoms with E-state index in [0.717, 1.165) is 5.56 Å². The molecule has 100 valence electrons. The molecule has 1 atom stereocenters. The first kappa shape index (κ1) is 14.0. The molecule has 0 bridgehead atoms. The van der Waals surface area contributed by atoms with Crippen molar-refractivity contribution in [1.82, 2.24) is 5.32 Å². The molecule has 0 aliphatic rings.